The first-order chi connectivity index (χ1) is 7.61. The Bertz CT molecular complexity index is 300. The maximum absolute atomic E-state index is 10.7. The van der Waals surface area contributed by atoms with E-state index in [0.717, 1.165) is 49.7 Å². The first-order valence-corrected chi connectivity index (χ1v) is 6.16. The van der Waals surface area contributed by atoms with Gasteiger partial charge in [0.05, 0.1) is 6.10 Å². The number of allylic oxidation sites excluding steroid dienone is 3. The molecule has 0 fully saturated rings. The van der Waals surface area contributed by atoms with E-state index in [9.17, 15) is 4.79 Å². The number of aliphatic hydroxyl groups is 1. The van der Waals surface area contributed by atoms with Crippen molar-refractivity contribution in [1.82, 2.24) is 0 Å². The average molecular weight is 222 g/mol. The molecule has 1 N–H and O–H groups in total. The molecule has 90 valence electrons. The summed E-state index contributed by atoms with van der Waals surface area (Å²) in [6, 6.07) is 0. The van der Waals surface area contributed by atoms with Crippen molar-refractivity contribution in [2.24, 2.45) is 0 Å². The van der Waals surface area contributed by atoms with E-state index in [1.54, 1.807) is 0 Å². The Labute approximate surface area is 98.1 Å². The predicted octanol–water partition coefficient (Wildman–Crippen LogP) is 3.16. The molecule has 0 bridgehead atoms. The molecule has 0 aliphatic heterocycles. The highest BCUT2D eigenvalue weighted by molar-refractivity contribution is 5.95. The van der Waals surface area contributed by atoms with Crippen LogP contribution < -0.4 is 0 Å². The first-order valence-electron chi connectivity index (χ1n) is 6.16. The van der Waals surface area contributed by atoms with Crippen molar-refractivity contribution in [2.45, 2.75) is 58.5 Å². The number of rotatable bonds is 0. The Morgan fingerprint density at radius 3 is 2.25 bits per heavy atom. The van der Waals surface area contributed by atoms with Gasteiger partial charge in [-0.15, -0.1) is 0 Å². The molecule has 0 saturated heterocycles. The van der Waals surface area contributed by atoms with Gasteiger partial charge in [-0.05, 0) is 57.1 Å². The van der Waals surface area contributed by atoms with Gasteiger partial charge in [0.15, 0.2) is 5.78 Å². The zero-order valence-corrected chi connectivity index (χ0v) is 10.3. The Balaban J connectivity index is 0.000000160. The first kappa shape index (κ1) is 13.2. The molecule has 1 unspecified atom stereocenters. The number of hydrogen-bond acceptors (Lipinski definition) is 2. The monoisotopic (exact) mass is 222 g/mol. The van der Waals surface area contributed by atoms with E-state index in [0.29, 0.717) is 5.78 Å². The molecule has 0 spiro atoms. The number of hydrogen-bond donors (Lipinski definition) is 1. The predicted molar refractivity (Wildman–Crippen MR) is 66.2 cm³/mol. The van der Waals surface area contributed by atoms with E-state index in [1.807, 2.05) is 19.9 Å². The van der Waals surface area contributed by atoms with E-state index >= 15 is 0 Å². The molecule has 0 aromatic heterocycles. The van der Waals surface area contributed by atoms with E-state index in [2.05, 4.69) is 6.08 Å². The maximum Gasteiger partial charge on any atom is 0.158 e. The summed E-state index contributed by atoms with van der Waals surface area (Å²) < 4.78 is 0. The highest BCUT2D eigenvalue weighted by atomic mass is 16.3. The van der Waals surface area contributed by atoms with Crippen LogP contribution in [0.15, 0.2) is 23.3 Å². The van der Waals surface area contributed by atoms with Crippen molar-refractivity contribution in [1.29, 1.82) is 0 Å². The van der Waals surface area contributed by atoms with Gasteiger partial charge in [0.25, 0.3) is 0 Å². The quantitative estimate of drug-likeness (QED) is 0.639. The molecule has 0 radical (unpaired) electrons. The molecule has 2 aliphatic carbocycles. The van der Waals surface area contributed by atoms with Gasteiger partial charge in [-0.25, -0.2) is 0 Å². The normalized spacial score (nSPS) is 25.2. The van der Waals surface area contributed by atoms with E-state index in [-0.39, 0.29) is 6.10 Å². The summed E-state index contributed by atoms with van der Waals surface area (Å²) in [6.45, 7) is 3.88. The molecule has 2 aliphatic rings. The smallest absolute Gasteiger partial charge is 0.158 e. The third kappa shape index (κ3) is 4.31. The lowest BCUT2D eigenvalue weighted by molar-refractivity contribution is -0.115. The van der Waals surface area contributed by atoms with Gasteiger partial charge in [0.2, 0.25) is 0 Å². The van der Waals surface area contributed by atoms with Crippen LogP contribution in [0.1, 0.15) is 52.4 Å². The maximum atomic E-state index is 10.7. The van der Waals surface area contributed by atoms with Crippen molar-refractivity contribution in [3.05, 3.63) is 23.3 Å². The van der Waals surface area contributed by atoms with E-state index in [4.69, 9.17) is 5.11 Å². The Kier molecular flexibility index (Phi) is 5.47. The number of aliphatic hydroxyl groups excluding tert-OH is 1. The SMILES string of the molecule is CC1=CCCCC1=O.CC1=CCCCC1O. The van der Waals surface area contributed by atoms with Crippen LogP contribution in [0.25, 0.3) is 0 Å². The van der Waals surface area contributed by atoms with Crippen LogP contribution in [0.4, 0.5) is 0 Å². The second kappa shape index (κ2) is 6.64. The van der Waals surface area contributed by atoms with Crippen molar-refractivity contribution < 1.29 is 9.90 Å². The van der Waals surface area contributed by atoms with Gasteiger partial charge in [0, 0.05) is 6.42 Å². The van der Waals surface area contributed by atoms with E-state index < -0.39 is 0 Å². The highest BCUT2D eigenvalue weighted by Gasteiger charge is 2.08. The lowest BCUT2D eigenvalue weighted by Crippen LogP contribution is -2.10. The summed E-state index contributed by atoms with van der Waals surface area (Å²) in [4.78, 5) is 10.7. The number of ketones is 1. The second-order valence-corrected chi connectivity index (χ2v) is 4.60. The number of Topliss-reactive ketones (excluding diaryl/α,β-unsaturated/α-hetero) is 1. The molecule has 2 heteroatoms. The van der Waals surface area contributed by atoms with Crippen LogP contribution in [0.3, 0.4) is 0 Å². The van der Waals surface area contributed by atoms with Crippen LogP contribution in [-0.2, 0) is 4.79 Å². The van der Waals surface area contributed by atoms with Crippen LogP contribution in [0.2, 0.25) is 0 Å². The van der Waals surface area contributed by atoms with Crippen LogP contribution in [0.5, 0.6) is 0 Å². The molecule has 2 nitrogen and oxygen atoms in total. The largest absolute Gasteiger partial charge is 0.389 e. The van der Waals surface area contributed by atoms with Gasteiger partial charge in [-0.2, -0.15) is 0 Å². The van der Waals surface area contributed by atoms with Gasteiger partial charge in [-0.1, -0.05) is 12.2 Å². The second-order valence-electron chi connectivity index (χ2n) is 4.60. The fourth-order valence-corrected chi connectivity index (χ4v) is 1.90. The third-order valence-electron chi connectivity index (χ3n) is 3.17. The molecule has 0 amide bonds. The summed E-state index contributed by atoms with van der Waals surface area (Å²) in [5.41, 5.74) is 2.10. The summed E-state index contributed by atoms with van der Waals surface area (Å²) in [7, 11) is 0. The fraction of sp³-hybridized carbons (Fsp3) is 0.643. The lowest BCUT2D eigenvalue weighted by Gasteiger charge is -2.14. The molecule has 0 heterocycles. The van der Waals surface area contributed by atoms with Crippen molar-refractivity contribution in [3.63, 3.8) is 0 Å². The standard InChI is InChI=1S/C7H12O.C7H10O/c2*1-6-4-2-3-5-7(6)8/h4,7-8H,2-3,5H2,1H3;4H,2-3,5H2,1H3. The Morgan fingerprint density at radius 2 is 1.88 bits per heavy atom. The molecular formula is C14H22O2. The van der Waals surface area contributed by atoms with Crippen LogP contribution in [-0.4, -0.2) is 17.0 Å². The van der Waals surface area contributed by atoms with Gasteiger partial charge in [0.1, 0.15) is 0 Å². The molecule has 0 saturated carbocycles. The molecule has 1 atom stereocenters. The van der Waals surface area contributed by atoms with E-state index in [1.165, 1.54) is 0 Å². The average Bonchev–Trinajstić information content (AvgIpc) is 2.28. The zero-order valence-electron chi connectivity index (χ0n) is 10.3. The van der Waals surface area contributed by atoms with Gasteiger partial charge < -0.3 is 5.11 Å². The summed E-state index contributed by atoms with van der Waals surface area (Å²) in [6.07, 6.45) is 10.2. The molecule has 0 aromatic rings. The fourth-order valence-electron chi connectivity index (χ4n) is 1.90. The Hall–Kier alpha value is -0.890. The Morgan fingerprint density at radius 1 is 1.19 bits per heavy atom. The van der Waals surface area contributed by atoms with Gasteiger partial charge >= 0.3 is 0 Å². The van der Waals surface area contributed by atoms with Crippen molar-refractivity contribution in [2.75, 3.05) is 0 Å². The number of carbonyl (C=O) groups is 1. The van der Waals surface area contributed by atoms with Gasteiger partial charge in [-0.3, -0.25) is 4.79 Å². The minimum atomic E-state index is -0.135. The summed E-state index contributed by atoms with van der Waals surface area (Å²) in [5, 5.41) is 9.11. The molecule has 16 heavy (non-hydrogen) atoms. The summed E-state index contributed by atoms with van der Waals surface area (Å²) >= 11 is 0. The lowest BCUT2D eigenvalue weighted by atomic mass is 9.98. The van der Waals surface area contributed by atoms with Crippen LogP contribution in [0, 0.1) is 0 Å². The minimum Gasteiger partial charge on any atom is -0.389 e. The molecule has 0 aromatic carbocycles. The highest BCUT2D eigenvalue weighted by Crippen LogP contribution is 2.16. The summed E-state index contributed by atoms with van der Waals surface area (Å²) in [5.74, 6) is 0.330. The minimum absolute atomic E-state index is 0.135. The van der Waals surface area contributed by atoms with Crippen molar-refractivity contribution >= 4 is 5.78 Å². The topological polar surface area (TPSA) is 37.3 Å². The molecule has 2 rings (SSSR count). The number of carbonyl (C=O) groups excluding carboxylic acids is 1. The van der Waals surface area contributed by atoms with Crippen molar-refractivity contribution in [3.8, 4) is 0 Å². The zero-order chi connectivity index (χ0) is 12.0. The third-order valence-corrected chi connectivity index (χ3v) is 3.17. The molecular weight excluding hydrogens is 200 g/mol. The van der Waals surface area contributed by atoms with Crippen LogP contribution >= 0.6 is 0 Å².